The molecule has 28 heavy (non-hydrogen) atoms. The van der Waals surface area contributed by atoms with Crippen molar-refractivity contribution in [2.75, 3.05) is 0 Å². The predicted octanol–water partition coefficient (Wildman–Crippen LogP) is 4.49. The van der Waals surface area contributed by atoms with Gasteiger partial charge in [0.15, 0.2) is 0 Å². The lowest BCUT2D eigenvalue weighted by molar-refractivity contribution is 0.0687. The zero-order valence-corrected chi connectivity index (χ0v) is 15.4. The van der Waals surface area contributed by atoms with Crippen molar-refractivity contribution in [3.05, 3.63) is 71.0 Å². The number of nitriles is 2. The number of rotatable bonds is 5. The van der Waals surface area contributed by atoms with Crippen molar-refractivity contribution < 1.29 is 14.6 Å². The van der Waals surface area contributed by atoms with Gasteiger partial charge in [0, 0.05) is 18.3 Å². The van der Waals surface area contributed by atoms with Crippen molar-refractivity contribution >= 4 is 5.97 Å². The molecule has 0 bridgehead atoms. The first-order valence-corrected chi connectivity index (χ1v) is 8.64. The summed E-state index contributed by atoms with van der Waals surface area (Å²) in [5, 5.41) is 28.4. The number of hydrogen-bond acceptors (Lipinski definition) is 4. The Balaban J connectivity index is 2.04. The molecule has 0 radical (unpaired) electrons. The minimum absolute atomic E-state index is 0.0805. The summed E-state index contributed by atoms with van der Waals surface area (Å²) in [6.07, 6.45) is 0.547. The van der Waals surface area contributed by atoms with Gasteiger partial charge in [-0.05, 0) is 36.2 Å². The molecule has 2 aromatic carbocycles. The van der Waals surface area contributed by atoms with Gasteiger partial charge in [0.25, 0.3) is 0 Å². The monoisotopic (exact) mass is 371 g/mol. The summed E-state index contributed by atoms with van der Waals surface area (Å²) in [4.78, 5) is 11.8. The van der Waals surface area contributed by atoms with Gasteiger partial charge in [-0.1, -0.05) is 31.2 Å². The number of para-hydroxylation sites is 1. The highest BCUT2D eigenvalue weighted by molar-refractivity contribution is 5.97. The molecule has 0 amide bonds. The van der Waals surface area contributed by atoms with Crippen molar-refractivity contribution in [2.45, 2.75) is 13.3 Å². The quantitative estimate of drug-likeness (QED) is 0.712. The lowest BCUT2D eigenvalue weighted by Gasteiger charge is -2.09. The van der Waals surface area contributed by atoms with Gasteiger partial charge in [-0.3, -0.25) is 0 Å². The number of aromatic nitrogens is 1. The normalized spacial score (nSPS) is 10.1. The van der Waals surface area contributed by atoms with Crippen LogP contribution in [0.5, 0.6) is 11.5 Å². The Morgan fingerprint density at radius 2 is 1.79 bits per heavy atom. The van der Waals surface area contributed by atoms with E-state index in [9.17, 15) is 15.2 Å². The Morgan fingerprint density at radius 1 is 1.11 bits per heavy atom. The standard InChI is InChI=1S/C22H17N3O3/c1-3-18-17(13-24)20(21(22(26)27)25(18)2)14-8-10-16(11-9-14)28-19-7-5-4-6-15(19)12-23/h4-11H,3H2,1-2H3,(H,26,27). The van der Waals surface area contributed by atoms with Crippen molar-refractivity contribution in [3.8, 4) is 34.8 Å². The number of carboxylic acids is 1. The summed E-state index contributed by atoms with van der Waals surface area (Å²) >= 11 is 0. The van der Waals surface area contributed by atoms with Gasteiger partial charge < -0.3 is 14.4 Å². The van der Waals surface area contributed by atoms with Gasteiger partial charge in [0.2, 0.25) is 0 Å². The zero-order valence-electron chi connectivity index (χ0n) is 15.4. The van der Waals surface area contributed by atoms with Gasteiger partial charge in [-0.15, -0.1) is 0 Å². The summed E-state index contributed by atoms with van der Waals surface area (Å²) in [7, 11) is 1.66. The molecule has 3 rings (SSSR count). The molecule has 0 saturated heterocycles. The molecule has 0 saturated carbocycles. The number of carbonyl (C=O) groups is 1. The van der Waals surface area contributed by atoms with E-state index in [0.29, 0.717) is 45.9 Å². The van der Waals surface area contributed by atoms with Crippen LogP contribution < -0.4 is 4.74 Å². The summed E-state index contributed by atoms with van der Waals surface area (Å²) in [5.74, 6) is -0.139. The summed E-state index contributed by atoms with van der Waals surface area (Å²) in [6.45, 7) is 1.88. The number of carboxylic acid groups (broad SMARTS) is 1. The first kappa shape index (κ1) is 18.8. The first-order valence-electron chi connectivity index (χ1n) is 8.64. The van der Waals surface area contributed by atoms with Gasteiger partial charge in [-0.25, -0.2) is 4.79 Å². The SMILES string of the molecule is CCc1c(C#N)c(-c2ccc(Oc3ccccc3C#N)cc2)c(C(=O)O)n1C. The number of hydrogen-bond donors (Lipinski definition) is 1. The fourth-order valence-electron chi connectivity index (χ4n) is 3.26. The van der Waals surface area contributed by atoms with Crippen LogP contribution in [0.3, 0.4) is 0 Å². The van der Waals surface area contributed by atoms with Crippen molar-refractivity contribution in [2.24, 2.45) is 7.05 Å². The third kappa shape index (κ3) is 3.20. The minimum Gasteiger partial charge on any atom is -0.477 e. The van der Waals surface area contributed by atoms with Crippen LogP contribution in [0.2, 0.25) is 0 Å². The molecule has 0 aliphatic heterocycles. The van der Waals surface area contributed by atoms with Crippen LogP contribution >= 0.6 is 0 Å². The molecule has 138 valence electrons. The summed E-state index contributed by atoms with van der Waals surface area (Å²) < 4.78 is 7.33. The molecule has 1 heterocycles. The van der Waals surface area contributed by atoms with Crippen LogP contribution in [-0.2, 0) is 13.5 Å². The first-order chi connectivity index (χ1) is 13.5. The molecule has 6 nitrogen and oxygen atoms in total. The predicted molar refractivity (Wildman–Crippen MR) is 103 cm³/mol. The highest BCUT2D eigenvalue weighted by atomic mass is 16.5. The lowest BCUT2D eigenvalue weighted by Crippen LogP contribution is -2.07. The van der Waals surface area contributed by atoms with E-state index < -0.39 is 5.97 Å². The Labute approximate surface area is 162 Å². The van der Waals surface area contributed by atoms with Crippen molar-refractivity contribution in [1.82, 2.24) is 4.57 Å². The number of ether oxygens (including phenoxy) is 1. The third-order valence-electron chi connectivity index (χ3n) is 4.54. The summed E-state index contributed by atoms with van der Waals surface area (Å²) in [6, 6.07) is 17.9. The molecule has 0 aliphatic rings. The maximum Gasteiger partial charge on any atom is 0.353 e. The van der Waals surface area contributed by atoms with Gasteiger partial charge in [-0.2, -0.15) is 10.5 Å². The molecule has 1 aromatic heterocycles. The fourth-order valence-corrected chi connectivity index (χ4v) is 3.26. The van der Waals surface area contributed by atoms with E-state index in [-0.39, 0.29) is 5.69 Å². The largest absolute Gasteiger partial charge is 0.477 e. The Kier molecular flexibility index (Phi) is 5.15. The second-order valence-electron chi connectivity index (χ2n) is 6.11. The van der Waals surface area contributed by atoms with E-state index >= 15 is 0 Å². The van der Waals surface area contributed by atoms with E-state index in [1.54, 1.807) is 60.1 Å². The Bertz CT molecular complexity index is 1130. The van der Waals surface area contributed by atoms with Gasteiger partial charge in [0.1, 0.15) is 29.3 Å². The highest BCUT2D eigenvalue weighted by Crippen LogP contribution is 2.34. The average molecular weight is 371 g/mol. The number of nitrogens with zero attached hydrogens (tertiary/aromatic N) is 3. The molecule has 0 fully saturated rings. The van der Waals surface area contributed by atoms with Crippen LogP contribution in [0.15, 0.2) is 48.5 Å². The average Bonchev–Trinajstić information content (AvgIpc) is 3.00. The molecule has 0 unspecified atom stereocenters. The van der Waals surface area contributed by atoms with Gasteiger partial charge in [0.05, 0.1) is 11.1 Å². The van der Waals surface area contributed by atoms with Crippen LogP contribution in [0.4, 0.5) is 0 Å². The van der Waals surface area contributed by atoms with Crippen molar-refractivity contribution in [1.29, 1.82) is 10.5 Å². The van der Waals surface area contributed by atoms with Crippen LogP contribution in [0.1, 0.15) is 34.2 Å². The van der Waals surface area contributed by atoms with Crippen molar-refractivity contribution in [3.63, 3.8) is 0 Å². The fraction of sp³-hybridized carbons (Fsp3) is 0.136. The Morgan fingerprint density at radius 3 is 2.36 bits per heavy atom. The second-order valence-corrected chi connectivity index (χ2v) is 6.11. The molecule has 0 aliphatic carbocycles. The van der Waals surface area contributed by atoms with E-state index in [0.717, 1.165) is 0 Å². The van der Waals surface area contributed by atoms with Crippen LogP contribution in [-0.4, -0.2) is 15.6 Å². The lowest BCUT2D eigenvalue weighted by atomic mass is 10.00. The molecule has 1 N–H and O–H groups in total. The smallest absolute Gasteiger partial charge is 0.353 e. The number of aromatic carboxylic acids is 1. The maximum absolute atomic E-state index is 11.8. The number of benzene rings is 2. The topological polar surface area (TPSA) is 99.0 Å². The molecule has 6 heteroatoms. The summed E-state index contributed by atoms with van der Waals surface area (Å²) in [5.41, 5.74) is 2.56. The maximum atomic E-state index is 11.8. The molecular formula is C22H17N3O3. The van der Waals surface area contributed by atoms with E-state index in [1.807, 2.05) is 6.92 Å². The van der Waals surface area contributed by atoms with Crippen LogP contribution in [0, 0.1) is 22.7 Å². The second kappa shape index (κ2) is 7.69. The zero-order chi connectivity index (χ0) is 20.3. The molecule has 3 aromatic rings. The van der Waals surface area contributed by atoms with E-state index in [1.165, 1.54) is 0 Å². The highest BCUT2D eigenvalue weighted by Gasteiger charge is 2.25. The molecular weight excluding hydrogens is 354 g/mol. The van der Waals surface area contributed by atoms with Gasteiger partial charge >= 0.3 is 5.97 Å². The molecule has 0 atom stereocenters. The molecule has 0 spiro atoms. The minimum atomic E-state index is -1.09. The third-order valence-corrected chi connectivity index (χ3v) is 4.54. The Hall–Kier alpha value is -4.03. The van der Waals surface area contributed by atoms with E-state index in [4.69, 9.17) is 10.00 Å². The van der Waals surface area contributed by atoms with Crippen LogP contribution in [0.25, 0.3) is 11.1 Å². The van der Waals surface area contributed by atoms with E-state index in [2.05, 4.69) is 12.1 Å².